The monoisotopic (exact) mass is 239 g/mol. The molecule has 78 valence electrons. The minimum atomic E-state index is 0.111. The Hall–Kier alpha value is -1.13. The number of hydrogen-bond acceptors (Lipinski definition) is 2. The van der Waals surface area contributed by atoms with Gasteiger partial charge in [0.1, 0.15) is 0 Å². The average Bonchev–Trinajstić information content (AvgIpc) is 2.20. The van der Waals surface area contributed by atoms with Gasteiger partial charge in [0.15, 0.2) is 5.11 Å². The van der Waals surface area contributed by atoms with E-state index in [-0.39, 0.29) is 6.04 Å². The van der Waals surface area contributed by atoms with Crippen LogP contribution in [-0.2, 0) is 0 Å². The molecule has 0 amide bonds. The number of nitrogens with zero attached hydrogens (tertiary/aromatic N) is 1. The molecule has 3 nitrogen and oxygen atoms in total. The molecule has 0 fully saturated rings. The molecule has 0 spiro atoms. The van der Waals surface area contributed by atoms with E-state index in [4.69, 9.17) is 23.8 Å². The third kappa shape index (κ3) is 2.27. The largest absolute Gasteiger partial charge is 0.353 e. The van der Waals surface area contributed by atoms with Gasteiger partial charge in [0.2, 0.25) is 0 Å². The molecule has 1 unspecified atom stereocenters. The fraction of sp³-hybridized carbons (Fsp3) is 0.200. The highest BCUT2D eigenvalue weighted by molar-refractivity contribution is 7.80. The van der Waals surface area contributed by atoms with Crippen LogP contribution in [0.4, 0.5) is 0 Å². The molecule has 5 heteroatoms. The molecule has 1 heterocycles. The molecule has 0 aromatic heterocycles. The van der Waals surface area contributed by atoms with Crippen LogP contribution in [0.1, 0.15) is 12.5 Å². The van der Waals surface area contributed by atoms with Crippen molar-refractivity contribution in [1.82, 2.24) is 10.7 Å². The van der Waals surface area contributed by atoms with Gasteiger partial charge in [-0.25, -0.2) is 0 Å². The van der Waals surface area contributed by atoms with Gasteiger partial charge >= 0.3 is 0 Å². The van der Waals surface area contributed by atoms with Gasteiger partial charge in [0.05, 0.1) is 11.8 Å². The molecule has 0 bridgehead atoms. The normalized spacial score (nSPS) is 20.3. The van der Waals surface area contributed by atoms with Gasteiger partial charge in [0.25, 0.3) is 0 Å². The van der Waals surface area contributed by atoms with Crippen LogP contribution in [0.25, 0.3) is 0 Å². The first kappa shape index (κ1) is 10.4. The molecular formula is C10H10ClN3S. The Kier molecular flexibility index (Phi) is 2.88. The van der Waals surface area contributed by atoms with Gasteiger partial charge in [-0.1, -0.05) is 23.7 Å². The van der Waals surface area contributed by atoms with Gasteiger partial charge in [0, 0.05) is 5.02 Å². The molecule has 2 rings (SSSR count). The smallest absolute Gasteiger partial charge is 0.187 e. The lowest BCUT2D eigenvalue weighted by Crippen LogP contribution is -2.48. The van der Waals surface area contributed by atoms with Gasteiger partial charge in [-0.2, -0.15) is 5.10 Å². The second-order valence-corrected chi connectivity index (χ2v) is 4.16. The number of rotatable bonds is 1. The number of thiocarbonyl (C=S) groups is 1. The summed E-state index contributed by atoms with van der Waals surface area (Å²) < 4.78 is 0. The Bertz CT molecular complexity index is 413. The third-order valence-corrected chi connectivity index (χ3v) is 2.64. The van der Waals surface area contributed by atoms with E-state index >= 15 is 0 Å². The molecule has 1 aromatic rings. The molecule has 2 N–H and O–H groups in total. The SMILES string of the molecule is CC1NC(=S)NN=C1c1ccc(Cl)cc1. The fourth-order valence-corrected chi connectivity index (χ4v) is 1.79. The highest BCUT2D eigenvalue weighted by Crippen LogP contribution is 2.12. The number of halogens is 1. The number of benzene rings is 1. The molecule has 1 atom stereocenters. The molecule has 0 radical (unpaired) electrons. The van der Waals surface area contributed by atoms with Crippen LogP contribution in [0.15, 0.2) is 29.4 Å². The maximum atomic E-state index is 5.82. The van der Waals surface area contributed by atoms with Crippen molar-refractivity contribution in [3.8, 4) is 0 Å². The van der Waals surface area contributed by atoms with E-state index in [1.807, 2.05) is 31.2 Å². The first-order valence-corrected chi connectivity index (χ1v) is 5.35. The zero-order chi connectivity index (χ0) is 10.8. The summed E-state index contributed by atoms with van der Waals surface area (Å²) in [6, 6.07) is 7.68. The standard InChI is InChI=1S/C10H10ClN3S/c1-6-9(13-14-10(15)12-6)7-2-4-8(11)5-3-7/h2-6H,1H3,(H2,12,14,15). The molecular weight excluding hydrogens is 230 g/mol. The summed E-state index contributed by atoms with van der Waals surface area (Å²) >= 11 is 10.8. The first-order valence-electron chi connectivity index (χ1n) is 4.57. The molecule has 1 aliphatic rings. The number of hydrazone groups is 1. The highest BCUT2D eigenvalue weighted by Gasteiger charge is 2.17. The van der Waals surface area contributed by atoms with Crippen molar-refractivity contribution >= 4 is 34.6 Å². The van der Waals surface area contributed by atoms with Crippen LogP contribution >= 0.6 is 23.8 Å². The van der Waals surface area contributed by atoms with E-state index < -0.39 is 0 Å². The molecule has 1 aromatic carbocycles. The second-order valence-electron chi connectivity index (χ2n) is 3.31. The van der Waals surface area contributed by atoms with E-state index in [1.165, 1.54) is 0 Å². The minimum absolute atomic E-state index is 0.111. The zero-order valence-corrected chi connectivity index (χ0v) is 9.69. The van der Waals surface area contributed by atoms with Gasteiger partial charge in [-0.15, -0.1) is 0 Å². The molecule has 0 saturated carbocycles. The molecule has 15 heavy (non-hydrogen) atoms. The van der Waals surface area contributed by atoms with Crippen LogP contribution in [0.2, 0.25) is 5.02 Å². The van der Waals surface area contributed by atoms with Gasteiger partial charge < -0.3 is 5.32 Å². The van der Waals surface area contributed by atoms with Crippen molar-refractivity contribution in [2.45, 2.75) is 13.0 Å². The fourth-order valence-electron chi connectivity index (χ4n) is 1.44. The van der Waals surface area contributed by atoms with Crippen LogP contribution in [0.5, 0.6) is 0 Å². The first-order chi connectivity index (χ1) is 7.16. The van der Waals surface area contributed by atoms with Crippen LogP contribution in [-0.4, -0.2) is 16.9 Å². The zero-order valence-electron chi connectivity index (χ0n) is 8.12. The summed E-state index contributed by atoms with van der Waals surface area (Å²) in [5.74, 6) is 0. The average molecular weight is 240 g/mol. The predicted octanol–water partition coefficient (Wildman–Crippen LogP) is 1.91. The Morgan fingerprint density at radius 2 is 2.00 bits per heavy atom. The Morgan fingerprint density at radius 3 is 2.60 bits per heavy atom. The van der Waals surface area contributed by atoms with Crippen LogP contribution in [0.3, 0.4) is 0 Å². The van der Waals surface area contributed by atoms with Crippen molar-refractivity contribution in [3.05, 3.63) is 34.9 Å². The Balaban J connectivity index is 2.31. The van der Waals surface area contributed by atoms with E-state index in [1.54, 1.807) is 0 Å². The van der Waals surface area contributed by atoms with Gasteiger partial charge in [-0.3, -0.25) is 5.43 Å². The number of hydrogen-bond donors (Lipinski definition) is 2. The Labute approximate surface area is 98.5 Å². The Morgan fingerprint density at radius 1 is 1.33 bits per heavy atom. The topological polar surface area (TPSA) is 36.4 Å². The lowest BCUT2D eigenvalue weighted by atomic mass is 10.0. The molecule has 0 aliphatic carbocycles. The number of nitrogens with one attached hydrogen (secondary N) is 2. The van der Waals surface area contributed by atoms with Crippen molar-refractivity contribution in [3.63, 3.8) is 0 Å². The second kappa shape index (κ2) is 4.16. The lowest BCUT2D eigenvalue weighted by Gasteiger charge is -2.23. The summed E-state index contributed by atoms with van der Waals surface area (Å²) in [7, 11) is 0. The van der Waals surface area contributed by atoms with Crippen LogP contribution < -0.4 is 10.7 Å². The quantitative estimate of drug-likeness (QED) is 0.735. The molecule has 0 saturated heterocycles. The minimum Gasteiger partial charge on any atom is -0.353 e. The summed E-state index contributed by atoms with van der Waals surface area (Å²) in [4.78, 5) is 0. The van der Waals surface area contributed by atoms with Crippen molar-refractivity contribution in [2.75, 3.05) is 0 Å². The summed E-state index contributed by atoms with van der Waals surface area (Å²) in [6.07, 6.45) is 0. The third-order valence-electron chi connectivity index (χ3n) is 2.18. The van der Waals surface area contributed by atoms with Crippen molar-refractivity contribution < 1.29 is 0 Å². The van der Waals surface area contributed by atoms with Crippen LogP contribution in [0, 0.1) is 0 Å². The van der Waals surface area contributed by atoms with Crippen molar-refractivity contribution in [1.29, 1.82) is 0 Å². The summed E-state index contributed by atoms with van der Waals surface area (Å²) in [6.45, 7) is 2.01. The van der Waals surface area contributed by atoms with Crippen molar-refractivity contribution in [2.24, 2.45) is 5.10 Å². The van der Waals surface area contributed by atoms with Gasteiger partial charge in [-0.05, 0) is 36.8 Å². The van der Waals surface area contributed by atoms with E-state index in [0.717, 1.165) is 16.3 Å². The predicted molar refractivity (Wildman–Crippen MR) is 66.3 cm³/mol. The maximum Gasteiger partial charge on any atom is 0.187 e. The van der Waals surface area contributed by atoms with E-state index in [0.29, 0.717) is 5.11 Å². The maximum absolute atomic E-state index is 5.82. The lowest BCUT2D eigenvalue weighted by molar-refractivity contribution is 0.771. The summed E-state index contributed by atoms with van der Waals surface area (Å²) in [5.41, 5.74) is 4.72. The van der Waals surface area contributed by atoms with E-state index in [2.05, 4.69) is 15.8 Å². The highest BCUT2D eigenvalue weighted by atomic mass is 35.5. The van der Waals surface area contributed by atoms with E-state index in [9.17, 15) is 0 Å². The molecule has 1 aliphatic heterocycles. The summed E-state index contributed by atoms with van der Waals surface area (Å²) in [5, 5.41) is 8.59.